The maximum atomic E-state index is 12.0. The molecule has 0 aliphatic rings. The van der Waals surface area contributed by atoms with Crippen molar-refractivity contribution in [2.45, 2.75) is 38.6 Å². The van der Waals surface area contributed by atoms with Gasteiger partial charge in [0.2, 0.25) is 10.0 Å². The molecule has 3 N–H and O–H groups in total. The normalized spacial score (nSPS) is 13.1. The monoisotopic (exact) mass is 296 g/mol. The van der Waals surface area contributed by atoms with Gasteiger partial charge in [0.15, 0.2) is 0 Å². The maximum absolute atomic E-state index is 12.0. The predicted octanol–water partition coefficient (Wildman–Crippen LogP) is 0.725. The molecule has 18 heavy (non-hydrogen) atoms. The zero-order valence-corrected chi connectivity index (χ0v) is 12.7. The first kappa shape index (κ1) is 17.4. The third-order valence-corrected chi connectivity index (χ3v) is 4.15. The molecule has 0 aliphatic carbocycles. The third kappa shape index (κ3) is 4.24. The standard InChI is InChI=1S/C10H20N4O2S.ClH/c1-5-11-7(2)6-12-17(15,16)10-8(3)13-14-9(10)4;/h7,11-12H,5-6H2,1-4H3,(H,13,14);1H/t7-;/m1./s1. The van der Waals surface area contributed by atoms with E-state index in [4.69, 9.17) is 0 Å². The minimum absolute atomic E-state index is 0. The minimum atomic E-state index is -3.48. The first-order valence-corrected chi connectivity index (χ1v) is 7.11. The molecule has 0 fully saturated rings. The fourth-order valence-corrected chi connectivity index (χ4v) is 3.16. The van der Waals surface area contributed by atoms with E-state index in [1.165, 1.54) is 0 Å². The summed E-state index contributed by atoms with van der Waals surface area (Å²) in [4.78, 5) is 0.251. The van der Waals surface area contributed by atoms with Crippen molar-refractivity contribution in [2.24, 2.45) is 0 Å². The Bertz CT molecular complexity index is 453. The number of likely N-dealkylation sites (N-methyl/N-ethyl adjacent to an activating group) is 1. The molecular weight excluding hydrogens is 276 g/mol. The van der Waals surface area contributed by atoms with Crippen LogP contribution in [0.25, 0.3) is 0 Å². The molecule has 0 saturated carbocycles. The van der Waals surface area contributed by atoms with Gasteiger partial charge in [0.1, 0.15) is 4.90 Å². The first-order valence-electron chi connectivity index (χ1n) is 5.63. The number of sulfonamides is 1. The molecule has 0 radical (unpaired) electrons. The highest BCUT2D eigenvalue weighted by molar-refractivity contribution is 7.89. The summed E-state index contributed by atoms with van der Waals surface area (Å²) in [5, 5.41) is 9.70. The van der Waals surface area contributed by atoms with E-state index >= 15 is 0 Å². The van der Waals surface area contributed by atoms with E-state index in [2.05, 4.69) is 20.2 Å². The summed E-state index contributed by atoms with van der Waals surface area (Å²) in [5.74, 6) is 0. The number of aromatic amines is 1. The van der Waals surface area contributed by atoms with Gasteiger partial charge in [0.25, 0.3) is 0 Å². The van der Waals surface area contributed by atoms with E-state index in [9.17, 15) is 8.42 Å². The fraction of sp³-hybridized carbons (Fsp3) is 0.700. The lowest BCUT2D eigenvalue weighted by molar-refractivity contribution is 0.535. The van der Waals surface area contributed by atoms with Crippen LogP contribution < -0.4 is 10.0 Å². The minimum Gasteiger partial charge on any atom is -0.313 e. The molecule has 0 aliphatic heterocycles. The van der Waals surface area contributed by atoms with Gasteiger partial charge in [0.05, 0.1) is 11.4 Å². The zero-order chi connectivity index (χ0) is 13.1. The Morgan fingerprint density at radius 3 is 2.44 bits per heavy atom. The largest absolute Gasteiger partial charge is 0.313 e. The van der Waals surface area contributed by atoms with Crippen molar-refractivity contribution in [3.63, 3.8) is 0 Å². The Kier molecular flexibility index (Phi) is 6.83. The quantitative estimate of drug-likeness (QED) is 0.722. The SMILES string of the molecule is CCN[C@H](C)CNS(=O)(=O)c1c(C)n[nH]c1C.Cl. The molecule has 0 unspecified atom stereocenters. The van der Waals surface area contributed by atoms with Crippen molar-refractivity contribution in [1.82, 2.24) is 20.2 Å². The van der Waals surface area contributed by atoms with Crippen LogP contribution in [0.15, 0.2) is 4.90 Å². The number of aromatic nitrogens is 2. The summed E-state index contributed by atoms with van der Waals surface area (Å²) in [5.41, 5.74) is 1.05. The predicted molar refractivity (Wildman–Crippen MR) is 73.6 cm³/mol. The number of halogens is 1. The van der Waals surface area contributed by atoms with Gasteiger partial charge >= 0.3 is 0 Å². The summed E-state index contributed by atoms with van der Waals surface area (Å²) < 4.78 is 26.7. The number of H-pyrrole nitrogens is 1. The van der Waals surface area contributed by atoms with Crippen molar-refractivity contribution in [2.75, 3.05) is 13.1 Å². The second kappa shape index (κ2) is 7.08. The van der Waals surface area contributed by atoms with Gasteiger partial charge in [0, 0.05) is 12.6 Å². The molecule has 1 aromatic rings. The molecule has 0 aromatic carbocycles. The Labute approximate surface area is 114 Å². The van der Waals surface area contributed by atoms with Crippen molar-refractivity contribution in [3.05, 3.63) is 11.4 Å². The molecule has 0 amide bonds. The fourth-order valence-electron chi connectivity index (χ4n) is 1.66. The van der Waals surface area contributed by atoms with Crippen LogP contribution in [-0.4, -0.2) is 37.7 Å². The first-order chi connectivity index (χ1) is 7.88. The maximum Gasteiger partial charge on any atom is 0.244 e. The number of nitrogens with zero attached hydrogens (tertiary/aromatic N) is 1. The molecule has 106 valence electrons. The Hall–Kier alpha value is -0.630. The van der Waals surface area contributed by atoms with Gasteiger partial charge in [-0.3, -0.25) is 5.10 Å². The van der Waals surface area contributed by atoms with Crippen LogP contribution in [0.3, 0.4) is 0 Å². The van der Waals surface area contributed by atoms with Gasteiger partial charge < -0.3 is 5.32 Å². The number of hydrogen-bond acceptors (Lipinski definition) is 4. The summed E-state index contributed by atoms with van der Waals surface area (Å²) in [6.07, 6.45) is 0. The smallest absolute Gasteiger partial charge is 0.244 e. The lowest BCUT2D eigenvalue weighted by atomic mass is 10.3. The van der Waals surface area contributed by atoms with E-state index < -0.39 is 10.0 Å². The summed E-state index contributed by atoms with van der Waals surface area (Å²) >= 11 is 0. The van der Waals surface area contributed by atoms with Crippen molar-refractivity contribution in [3.8, 4) is 0 Å². The average Bonchev–Trinajstić information content (AvgIpc) is 2.57. The van der Waals surface area contributed by atoms with Gasteiger partial charge in [-0.2, -0.15) is 5.10 Å². The zero-order valence-electron chi connectivity index (χ0n) is 11.1. The van der Waals surface area contributed by atoms with Crippen molar-refractivity contribution < 1.29 is 8.42 Å². The highest BCUT2D eigenvalue weighted by Gasteiger charge is 2.22. The number of hydrogen-bond donors (Lipinski definition) is 3. The lowest BCUT2D eigenvalue weighted by Crippen LogP contribution is -2.39. The van der Waals surface area contributed by atoms with Crippen LogP contribution >= 0.6 is 12.4 Å². The van der Waals surface area contributed by atoms with E-state index in [1.807, 2.05) is 13.8 Å². The Morgan fingerprint density at radius 1 is 1.39 bits per heavy atom. The van der Waals surface area contributed by atoms with Crippen LogP contribution in [0.1, 0.15) is 25.2 Å². The molecule has 1 rings (SSSR count). The molecule has 1 aromatic heterocycles. The van der Waals surface area contributed by atoms with Crippen molar-refractivity contribution >= 4 is 22.4 Å². The molecule has 8 heteroatoms. The second-order valence-electron chi connectivity index (χ2n) is 4.07. The highest BCUT2D eigenvalue weighted by Crippen LogP contribution is 2.15. The molecule has 1 heterocycles. The van der Waals surface area contributed by atoms with Crippen molar-refractivity contribution in [1.29, 1.82) is 0 Å². The van der Waals surface area contributed by atoms with Gasteiger partial charge in [-0.15, -0.1) is 12.4 Å². The average molecular weight is 297 g/mol. The topological polar surface area (TPSA) is 86.9 Å². The highest BCUT2D eigenvalue weighted by atomic mass is 35.5. The van der Waals surface area contributed by atoms with Crippen LogP contribution in [0.4, 0.5) is 0 Å². The summed E-state index contributed by atoms with van der Waals surface area (Å²) in [6, 6.07) is 0.0993. The summed E-state index contributed by atoms with van der Waals surface area (Å²) in [7, 11) is -3.48. The molecule has 6 nitrogen and oxygen atoms in total. The second-order valence-corrected chi connectivity index (χ2v) is 5.78. The lowest BCUT2D eigenvalue weighted by Gasteiger charge is -2.13. The Balaban J connectivity index is 0.00000289. The molecule has 0 bridgehead atoms. The summed E-state index contributed by atoms with van der Waals surface area (Å²) in [6.45, 7) is 8.46. The van der Waals surface area contributed by atoms with E-state index in [1.54, 1.807) is 13.8 Å². The van der Waals surface area contributed by atoms with Gasteiger partial charge in [-0.25, -0.2) is 13.1 Å². The molecular formula is C10H21ClN4O2S. The number of nitrogens with one attached hydrogen (secondary N) is 3. The van der Waals surface area contributed by atoms with Crippen LogP contribution in [0.2, 0.25) is 0 Å². The van der Waals surface area contributed by atoms with Crippen LogP contribution in [-0.2, 0) is 10.0 Å². The van der Waals surface area contributed by atoms with Crippen LogP contribution in [0, 0.1) is 13.8 Å². The van der Waals surface area contributed by atoms with E-state index in [0.29, 0.717) is 17.9 Å². The van der Waals surface area contributed by atoms with Gasteiger partial charge in [-0.1, -0.05) is 6.92 Å². The molecule has 0 spiro atoms. The molecule has 1 atom stereocenters. The van der Waals surface area contributed by atoms with Gasteiger partial charge in [-0.05, 0) is 27.3 Å². The van der Waals surface area contributed by atoms with E-state index in [0.717, 1.165) is 6.54 Å². The number of rotatable bonds is 6. The Morgan fingerprint density at radius 2 is 2.00 bits per heavy atom. The molecule has 0 saturated heterocycles. The van der Waals surface area contributed by atoms with Crippen LogP contribution in [0.5, 0.6) is 0 Å². The van der Waals surface area contributed by atoms with E-state index in [-0.39, 0.29) is 23.3 Å². The number of aryl methyl sites for hydroxylation is 2. The third-order valence-electron chi connectivity index (χ3n) is 2.46.